The summed E-state index contributed by atoms with van der Waals surface area (Å²) >= 11 is 0. The van der Waals surface area contributed by atoms with Gasteiger partial charge in [-0.3, -0.25) is 14.4 Å². The number of ketones is 2. The Kier molecular flexibility index (Phi) is 7.93. The maximum absolute atomic E-state index is 11.3. The van der Waals surface area contributed by atoms with Crippen LogP contribution in [-0.2, 0) is 19.1 Å². The molecule has 0 heterocycles. The van der Waals surface area contributed by atoms with E-state index in [4.69, 9.17) is 4.74 Å². The highest BCUT2D eigenvalue weighted by Crippen LogP contribution is 2.01. The Balaban J connectivity index is 3.61. The van der Waals surface area contributed by atoms with Crippen LogP contribution < -0.4 is 0 Å². The van der Waals surface area contributed by atoms with Gasteiger partial charge < -0.3 is 4.74 Å². The molecule has 0 amide bonds. The smallest absolute Gasteiger partial charge is 0.313 e. The van der Waals surface area contributed by atoms with Gasteiger partial charge in [0, 0.05) is 12.8 Å². The van der Waals surface area contributed by atoms with Crippen molar-refractivity contribution in [2.45, 2.75) is 46.5 Å². The molecule has 0 spiro atoms. The molecule has 4 heteroatoms. The summed E-state index contributed by atoms with van der Waals surface area (Å²) in [5, 5.41) is 0. The van der Waals surface area contributed by atoms with Gasteiger partial charge in [-0.2, -0.15) is 0 Å². The van der Waals surface area contributed by atoms with E-state index in [1.807, 2.05) is 19.9 Å². The van der Waals surface area contributed by atoms with Gasteiger partial charge in [-0.05, 0) is 27.2 Å². The van der Waals surface area contributed by atoms with Crippen LogP contribution in [0.2, 0.25) is 0 Å². The van der Waals surface area contributed by atoms with Crippen LogP contribution in [0.15, 0.2) is 11.6 Å². The van der Waals surface area contributed by atoms with Gasteiger partial charge in [-0.15, -0.1) is 0 Å². The van der Waals surface area contributed by atoms with E-state index in [0.717, 1.165) is 6.42 Å². The summed E-state index contributed by atoms with van der Waals surface area (Å²) in [5.41, 5.74) is 1.19. The minimum absolute atomic E-state index is 0.0677. The number of Topliss-reactive ketones (excluding diaryl/α,β-unsaturated/α-hetero) is 2. The molecule has 0 N–H and O–H groups in total. The van der Waals surface area contributed by atoms with E-state index in [1.165, 1.54) is 12.5 Å². The lowest BCUT2D eigenvalue weighted by Gasteiger charge is -2.02. The molecule has 0 rings (SSSR count). The number of carbonyl (C=O) groups excluding carboxylic acids is 3. The molecule has 0 aliphatic carbocycles. The molecule has 0 aromatic heterocycles. The molecular formula is C13H20O4. The molecule has 0 aliphatic rings. The van der Waals surface area contributed by atoms with Gasteiger partial charge in [-0.1, -0.05) is 11.6 Å². The summed E-state index contributed by atoms with van der Waals surface area (Å²) < 4.78 is 4.75. The molecule has 0 saturated heterocycles. The average molecular weight is 240 g/mol. The van der Waals surface area contributed by atoms with E-state index >= 15 is 0 Å². The fourth-order valence-corrected chi connectivity index (χ4v) is 1.18. The molecule has 0 aromatic rings. The van der Waals surface area contributed by atoms with Crippen LogP contribution in [0.3, 0.4) is 0 Å². The van der Waals surface area contributed by atoms with Gasteiger partial charge in [0.1, 0.15) is 18.0 Å². The Labute approximate surface area is 102 Å². The van der Waals surface area contributed by atoms with Crippen LogP contribution in [0.4, 0.5) is 0 Å². The Morgan fingerprint density at radius 1 is 1.06 bits per heavy atom. The lowest BCUT2D eigenvalue weighted by molar-refractivity contribution is -0.146. The lowest BCUT2D eigenvalue weighted by atomic mass is 10.1. The minimum Gasteiger partial charge on any atom is -0.465 e. The van der Waals surface area contributed by atoms with Crippen molar-refractivity contribution >= 4 is 17.5 Å². The predicted octanol–water partition coefficient (Wildman–Crippen LogP) is 2.21. The quantitative estimate of drug-likeness (QED) is 0.371. The second-order valence-corrected chi connectivity index (χ2v) is 4.21. The van der Waals surface area contributed by atoms with E-state index in [0.29, 0.717) is 6.42 Å². The van der Waals surface area contributed by atoms with Crippen LogP contribution >= 0.6 is 0 Å². The largest absolute Gasteiger partial charge is 0.465 e. The molecular weight excluding hydrogens is 220 g/mol. The molecule has 4 nitrogen and oxygen atoms in total. The zero-order valence-electron chi connectivity index (χ0n) is 10.7. The molecule has 0 aromatic carbocycles. The number of hydrogen-bond donors (Lipinski definition) is 0. The van der Waals surface area contributed by atoms with Crippen LogP contribution in [0, 0.1) is 0 Å². The third-order valence-electron chi connectivity index (χ3n) is 2.01. The van der Waals surface area contributed by atoms with E-state index in [9.17, 15) is 14.4 Å². The van der Waals surface area contributed by atoms with Crippen molar-refractivity contribution in [1.29, 1.82) is 0 Å². The summed E-state index contributed by atoms with van der Waals surface area (Å²) in [6.07, 6.45) is 3.20. The monoisotopic (exact) mass is 240 g/mol. The van der Waals surface area contributed by atoms with Crippen LogP contribution in [0.5, 0.6) is 0 Å². The Bertz CT molecular complexity index is 311. The maximum Gasteiger partial charge on any atom is 0.313 e. The van der Waals surface area contributed by atoms with Gasteiger partial charge in [0.25, 0.3) is 0 Å². The number of ether oxygens (including phenoxy) is 1. The van der Waals surface area contributed by atoms with Gasteiger partial charge in [0.05, 0.1) is 6.61 Å². The normalized spacial score (nSPS) is 9.59. The Hall–Kier alpha value is -1.45. The van der Waals surface area contributed by atoms with E-state index in [2.05, 4.69) is 0 Å². The Morgan fingerprint density at radius 3 is 2.24 bits per heavy atom. The zero-order valence-corrected chi connectivity index (χ0v) is 10.7. The summed E-state index contributed by atoms with van der Waals surface area (Å²) in [4.78, 5) is 32.9. The lowest BCUT2D eigenvalue weighted by Crippen LogP contribution is -2.12. The zero-order chi connectivity index (χ0) is 13.3. The minimum atomic E-state index is -0.561. The molecule has 96 valence electrons. The number of rotatable bonds is 8. The van der Waals surface area contributed by atoms with Crippen LogP contribution in [0.1, 0.15) is 46.5 Å². The molecule has 0 radical (unpaired) electrons. The van der Waals surface area contributed by atoms with Gasteiger partial charge in [0.15, 0.2) is 0 Å². The first-order valence-electron chi connectivity index (χ1n) is 5.72. The third kappa shape index (κ3) is 10.8. The SMILES string of the molecule is CC(=O)CC(=O)OCCC(=O)CCC=C(C)C. The van der Waals surface area contributed by atoms with Crippen molar-refractivity contribution in [3.8, 4) is 0 Å². The first-order valence-corrected chi connectivity index (χ1v) is 5.72. The molecule has 0 bridgehead atoms. The highest BCUT2D eigenvalue weighted by Gasteiger charge is 2.07. The van der Waals surface area contributed by atoms with Crippen molar-refractivity contribution in [2.75, 3.05) is 6.61 Å². The number of allylic oxidation sites excluding steroid dienone is 2. The van der Waals surface area contributed by atoms with Gasteiger partial charge >= 0.3 is 5.97 Å². The third-order valence-corrected chi connectivity index (χ3v) is 2.01. The molecule has 0 atom stereocenters. The van der Waals surface area contributed by atoms with Crippen molar-refractivity contribution in [3.63, 3.8) is 0 Å². The van der Waals surface area contributed by atoms with Crippen molar-refractivity contribution in [2.24, 2.45) is 0 Å². The van der Waals surface area contributed by atoms with Gasteiger partial charge in [-0.25, -0.2) is 0 Å². The number of esters is 1. The predicted molar refractivity (Wildman–Crippen MR) is 64.5 cm³/mol. The maximum atomic E-state index is 11.3. The second-order valence-electron chi connectivity index (χ2n) is 4.21. The first-order chi connectivity index (χ1) is 7.91. The molecule has 0 unspecified atom stereocenters. The van der Waals surface area contributed by atoms with Gasteiger partial charge in [0.2, 0.25) is 0 Å². The van der Waals surface area contributed by atoms with Crippen molar-refractivity contribution in [1.82, 2.24) is 0 Å². The number of hydrogen-bond acceptors (Lipinski definition) is 4. The topological polar surface area (TPSA) is 60.4 Å². The van der Waals surface area contributed by atoms with E-state index < -0.39 is 5.97 Å². The summed E-state index contributed by atoms with van der Waals surface area (Å²) in [7, 11) is 0. The van der Waals surface area contributed by atoms with Crippen molar-refractivity contribution < 1.29 is 19.1 Å². The summed E-state index contributed by atoms with van der Waals surface area (Å²) in [6, 6.07) is 0. The average Bonchev–Trinajstić information content (AvgIpc) is 2.15. The standard InChI is InChI=1S/C13H20O4/c1-10(2)5-4-6-12(15)7-8-17-13(16)9-11(3)14/h5H,4,6-9H2,1-3H3. The highest BCUT2D eigenvalue weighted by atomic mass is 16.5. The van der Waals surface area contributed by atoms with Crippen LogP contribution in [-0.4, -0.2) is 24.1 Å². The fourth-order valence-electron chi connectivity index (χ4n) is 1.18. The summed E-state index contributed by atoms with van der Waals surface area (Å²) in [5.74, 6) is -0.724. The molecule has 0 saturated carbocycles. The molecule has 17 heavy (non-hydrogen) atoms. The van der Waals surface area contributed by atoms with E-state index in [-0.39, 0.29) is 31.0 Å². The molecule has 0 fully saturated rings. The highest BCUT2D eigenvalue weighted by molar-refractivity contribution is 5.94. The van der Waals surface area contributed by atoms with E-state index in [1.54, 1.807) is 0 Å². The van der Waals surface area contributed by atoms with Crippen LogP contribution in [0.25, 0.3) is 0 Å². The van der Waals surface area contributed by atoms with Crippen molar-refractivity contribution in [3.05, 3.63) is 11.6 Å². The molecule has 0 aliphatic heterocycles. The first kappa shape index (κ1) is 15.6. The number of carbonyl (C=O) groups is 3. The summed E-state index contributed by atoms with van der Waals surface area (Å²) in [6.45, 7) is 5.35. The Morgan fingerprint density at radius 2 is 1.71 bits per heavy atom. The fraction of sp³-hybridized carbons (Fsp3) is 0.615. The second kappa shape index (κ2) is 8.67.